The fraction of sp³-hybridized carbons (Fsp3) is 0.462. The van der Waals surface area contributed by atoms with Crippen molar-refractivity contribution in [3.8, 4) is 0 Å². The fourth-order valence-electron chi connectivity index (χ4n) is 1.76. The van der Waals surface area contributed by atoms with Gasteiger partial charge in [-0.1, -0.05) is 19.1 Å². The van der Waals surface area contributed by atoms with E-state index in [2.05, 4.69) is 0 Å². The van der Waals surface area contributed by atoms with E-state index in [-0.39, 0.29) is 12.4 Å². The van der Waals surface area contributed by atoms with Crippen LogP contribution in [0.15, 0.2) is 24.3 Å². The van der Waals surface area contributed by atoms with Crippen molar-refractivity contribution < 1.29 is 14.3 Å². The summed E-state index contributed by atoms with van der Waals surface area (Å²) in [5, 5.41) is 8.75. The van der Waals surface area contributed by atoms with E-state index < -0.39 is 5.97 Å². The smallest absolute Gasteiger partial charge is 0.317 e. The standard InChI is InChI=1S/C13H18FNO2/c1-2-7-15(10-13(16)17)8-6-11-4-3-5-12(14)9-11/h3-5,9H,2,6-8,10H2,1H3,(H,16,17). The number of carbonyl (C=O) groups is 1. The molecular weight excluding hydrogens is 221 g/mol. The van der Waals surface area contributed by atoms with Gasteiger partial charge in [-0.2, -0.15) is 0 Å². The summed E-state index contributed by atoms with van der Waals surface area (Å²) in [5.41, 5.74) is 0.900. The summed E-state index contributed by atoms with van der Waals surface area (Å²) >= 11 is 0. The lowest BCUT2D eigenvalue weighted by Crippen LogP contribution is -2.32. The average Bonchev–Trinajstić information content (AvgIpc) is 2.26. The van der Waals surface area contributed by atoms with Crippen molar-refractivity contribution in [2.45, 2.75) is 19.8 Å². The number of benzene rings is 1. The summed E-state index contributed by atoms with van der Waals surface area (Å²) in [6, 6.07) is 6.43. The predicted molar refractivity (Wildman–Crippen MR) is 64.5 cm³/mol. The molecule has 0 aliphatic heterocycles. The van der Waals surface area contributed by atoms with Crippen LogP contribution in [0.2, 0.25) is 0 Å². The van der Waals surface area contributed by atoms with Gasteiger partial charge < -0.3 is 5.11 Å². The molecule has 94 valence electrons. The number of rotatable bonds is 7. The Bertz CT molecular complexity index is 368. The van der Waals surface area contributed by atoms with Gasteiger partial charge in [0.25, 0.3) is 0 Å². The molecule has 1 rings (SSSR count). The number of carboxylic acid groups (broad SMARTS) is 1. The van der Waals surface area contributed by atoms with Crippen molar-refractivity contribution in [1.82, 2.24) is 4.90 Å². The molecule has 0 atom stereocenters. The van der Waals surface area contributed by atoms with Gasteiger partial charge in [0.05, 0.1) is 6.54 Å². The molecule has 0 radical (unpaired) electrons. The fourth-order valence-corrected chi connectivity index (χ4v) is 1.76. The highest BCUT2D eigenvalue weighted by Gasteiger charge is 2.08. The normalized spacial score (nSPS) is 10.8. The van der Waals surface area contributed by atoms with Crippen molar-refractivity contribution in [3.63, 3.8) is 0 Å². The minimum absolute atomic E-state index is 0.0448. The number of carboxylic acids is 1. The Morgan fingerprint density at radius 2 is 2.18 bits per heavy atom. The SMILES string of the molecule is CCCN(CCc1cccc(F)c1)CC(=O)O. The number of aliphatic carboxylic acids is 1. The summed E-state index contributed by atoms with van der Waals surface area (Å²) in [6.07, 6.45) is 1.58. The second kappa shape index (κ2) is 7.01. The minimum Gasteiger partial charge on any atom is -0.480 e. The van der Waals surface area contributed by atoms with Gasteiger partial charge in [0, 0.05) is 6.54 Å². The predicted octanol–water partition coefficient (Wildman–Crippen LogP) is 2.16. The largest absolute Gasteiger partial charge is 0.480 e. The number of hydrogen-bond acceptors (Lipinski definition) is 2. The van der Waals surface area contributed by atoms with Crippen LogP contribution in [0.3, 0.4) is 0 Å². The van der Waals surface area contributed by atoms with Gasteiger partial charge in [-0.25, -0.2) is 4.39 Å². The summed E-state index contributed by atoms with van der Waals surface area (Å²) in [6.45, 7) is 3.45. The van der Waals surface area contributed by atoms with Crippen molar-refractivity contribution >= 4 is 5.97 Å². The van der Waals surface area contributed by atoms with Crippen LogP contribution in [0.25, 0.3) is 0 Å². The quantitative estimate of drug-likeness (QED) is 0.792. The first-order valence-corrected chi connectivity index (χ1v) is 5.80. The van der Waals surface area contributed by atoms with E-state index in [1.54, 1.807) is 6.07 Å². The Balaban J connectivity index is 2.48. The maximum absolute atomic E-state index is 12.9. The monoisotopic (exact) mass is 239 g/mol. The first-order valence-electron chi connectivity index (χ1n) is 5.80. The molecule has 17 heavy (non-hydrogen) atoms. The molecule has 0 saturated carbocycles. The zero-order valence-electron chi connectivity index (χ0n) is 10.0. The van der Waals surface area contributed by atoms with Crippen LogP contribution in [-0.4, -0.2) is 35.6 Å². The molecule has 0 amide bonds. The Morgan fingerprint density at radius 1 is 1.41 bits per heavy atom. The van der Waals surface area contributed by atoms with Gasteiger partial charge >= 0.3 is 5.97 Å². The first-order chi connectivity index (χ1) is 8.11. The molecule has 0 fully saturated rings. The van der Waals surface area contributed by atoms with Gasteiger partial charge in [-0.15, -0.1) is 0 Å². The third-order valence-electron chi connectivity index (χ3n) is 2.50. The molecule has 0 bridgehead atoms. The van der Waals surface area contributed by atoms with E-state index in [0.29, 0.717) is 13.0 Å². The molecule has 0 aliphatic carbocycles. The highest BCUT2D eigenvalue weighted by Crippen LogP contribution is 2.05. The van der Waals surface area contributed by atoms with Crippen LogP contribution in [-0.2, 0) is 11.2 Å². The van der Waals surface area contributed by atoms with E-state index >= 15 is 0 Å². The molecule has 3 nitrogen and oxygen atoms in total. The maximum Gasteiger partial charge on any atom is 0.317 e. The van der Waals surface area contributed by atoms with Gasteiger partial charge in [-0.3, -0.25) is 9.69 Å². The summed E-state index contributed by atoms with van der Waals surface area (Å²) < 4.78 is 12.9. The Labute approximate surface area is 101 Å². The van der Waals surface area contributed by atoms with Gasteiger partial charge in [0.2, 0.25) is 0 Å². The lowest BCUT2D eigenvalue weighted by atomic mass is 10.1. The molecule has 1 aromatic rings. The van der Waals surface area contributed by atoms with E-state index in [4.69, 9.17) is 5.11 Å². The summed E-state index contributed by atoms with van der Waals surface area (Å²) in [5.74, 6) is -1.07. The summed E-state index contributed by atoms with van der Waals surface area (Å²) in [7, 11) is 0. The molecule has 0 aromatic heterocycles. The van der Waals surface area contributed by atoms with E-state index in [0.717, 1.165) is 18.5 Å². The van der Waals surface area contributed by atoms with Crippen LogP contribution in [0, 0.1) is 5.82 Å². The maximum atomic E-state index is 12.9. The van der Waals surface area contributed by atoms with Crippen molar-refractivity contribution in [2.24, 2.45) is 0 Å². The third kappa shape index (κ3) is 5.45. The molecular formula is C13H18FNO2. The zero-order valence-corrected chi connectivity index (χ0v) is 10.0. The second-order valence-electron chi connectivity index (χ2n) is 4.05. The van der Waals surface area contributed by atoms with Gasteiger partial charge in [-0.05, 0) is 37.1 Å². The first kappa shape index (κ1) is 13.6. The van der Waals surface area contributed by atoms with Gasteiger partial charge in [0.1, 0.15) is 5.82 Å². The molecule has 0 unspecified atom stereocenters. The molecule has 0 spiro atoms. The second-order valence-corrected chi connectivity index (χ2v) is 4.05. The van der Waals surface area contributed by atoms with E-state index in [9.17, 15) is 9.18 Å². The van der Waals surface area contributed by atoms with E-state index in [1.165, 1.54) is 12.1 Å². The minimum atomic E-state index is -0.822. The lowest BCUT2D eigenvalue weighted by Gasteiger charge is -2.19. The number of hydrogen-bond donors (Lipinski definition) is 1. The number of halogens is 1. The van der Waals surface area contributed by atoms with Gasteiger partial charge in [0.15, 0.2) is 0 Å². The average molecular weight is 239 g/mol. The van der Waals surface area contributed by atoms with Crippen molar-refractivity contribution in [1.29, 1.82) is 0 Å². The molecule has 4 heteroatoms. The Hall–Kier alpha value is -1.42. The van der Waals surface area contributed by atoms with Crippen LogP contribution in [0.1, 0.15) is 18.9 Å². The highest BCUT2D eigenvalue weighted by atomic mass is 19.1. The Kier molecular flexibility index (Phi) is 5.63. The topological polar surface area (TPSA) is 40.5 Å². The lowest BCUT2D eigenvalue weighted by molar-refractivity contribution is -0.138. The zero-order chi connectivity index (χ0) is 12.7. The molecule has 0 aliphatic rings. The third-order valence-corrected chi connectivity index (χ3v) is 2.50. The van der Waals surface area contributed by atoms with Crippen LogP contribution < -0.4 is 0 Å². The molecule has 1 aromatic carbocycles. The highest BCUT2D eigenvalue weighted by molar-refractivity contribution is 5.69. The van der Waals surface area contributed by atoms with Crippen molar-refractivity contribution in [2.75, 3.05) is 19.6 Å². The molecule has 0 heterocycles. The van der Waals surface area contributed by atoms with Crippen LogP contribution in [0.4, 0.5) is 4.39 Å². The van der Waals surface area contributed by atoms with E-state index in [1.807, 2.05) is 17.9 Å². The molecule has 1 N–H and O–H groups in total. The molecule has 0 saturated heterocycles. The van der Waals surface area contributed by atoms with Crippen LogP contribution in [0.5, 0.6) is 0 Å². The van der Waals surface area contributed by atoms with Crippen molar-refractivity contribution in [3.05, 3.63) is 35.6 Å². The van der Waals surface area contributed by atoms with Crippen LogP contribution >= 0.6 is 0 Å². The number of nitrogens with zero attached hydrogens (tertiary/aromatic N) is 1. The summed E-state index contributed by atoms with van der Waals surface area (Å²) in [4.78, 5) is 12.5. The Morgan fingerprint density at radius 3 is 2.76 bits per heavy atom.